The first-order valence-electron chi connectivity index (χ1n) is 11.5. The number of benzene rings is 2. The van der Waals surface area contributed by atoms with E-state index in [2.05, 4.69) is 42.1 Å². The molecule has 0 bridgehead atoms. The summed E-state index contributed by atoms with van der Waals surface area (Å²) >= 11 is 0. The van der Waals surface area contributed by atoms with Gasteiger partial charge in [0, 0.05) is 5.33 Å². The summed E-state index contributed by atoms with van der Waals surface area (Å²) in [4.78, 5) is 2.78. The fourth-order valence-electron chi connectivity index (χ4n) is 3.66. The molecule has 0 atom stereocenters. The Kier molecular flexibility index (Phi) is 9.97. The van der Waals surface area contributed by atoms with Crippen LogP contribution >= 0.6 is 0 Å². The summed E-state index contributed by atoms with van der Waals surface area (Å²) in [6.07, 6.45) is 9.41. The molecule has 2 rings (SSSR count). The molecule has 0 aliphatic rings. The van der Waals surface area contributed by atoms with Crippen molar-refractivity contribution in [1.29, 1.82) is 0 Å². The molecule has 31 heavy (non-hydrogen) atoms. The van der Waals surface area contributed by atoms with Crippen LogP contribution in [0.15, 0.2) is 64.6 Å². The zero-order chi connectivity index (χ0) is 22.7. The first kappa shape index (κ1) is 25.3. The van der Waals surface area contributed by atoms with Gasteiger partial charge in [0.25, 0.3) is 10.0 Å². The van der Waals surface area contributed by atoms with Gasteiger partial charge in [-0.2, -0.15) is 13.5 Å². The molecule has 0 aromatic heterocycles. The van der Waals surface area contributed by atoms with Gasteiger partial charge in [-0.15, -0.1) is 0 Å². The van der Waals surface area contributed by atoms with Crippen LogP contribution in [0.2, 0.25) is 13.1 Å². The number of hydrogen-bond acceptors (Lipinski definition) is 3. The van der Waals surface area contributed by atoms with E-state index in [-0.39, 0.29) is 4.90 Å². The van der Waals surface area contributed by atoms with Crippen LogP contribution in [0.25, 0.3) is 0 Å². The molecule has 2 aromatic rings. The van der Waals surface area contributed by atoms with E-state index in [1.54, 1.807) is 24.3 Å². The average Bonchev–Trinajstić information content (AvgIpc) is 2.76. The monoisotopic (exact) mass is 458 g/mol. The maximum atomic E-state index is 12.8. The van der Waals surface area contributed by atoms with Crippen LogP contribution in [0.3, 0.4) is 0 Å². The van der Waals surface area contributed by atoms with E-state index in [1.807, 2.05) is 25.1 Å². The number of hydrogen-bond donors (Lipinski definition) is 1. The van der Waals surface area contributed by atoms with Crippen molar-refractivity contribution < 1.29 is 8.42 Å². The van der Waals surface area contributed by atoms with Crippen LogP contribution in [-0.2, 0) is 10.0 Å². The fraction of sp³-hybridized carbons (Fsp3) is 0.480. The third-order valence-corrected chi connectivity index (χ3v) is 10.7. The van der Waals surface area contributed by atoms with Gasteiger partial charge in [0.15, 0.2) is 0 Å². The van der Waals surface area contributed by atoms with Crippen molar-refractivity contribution in [2.75, 3.05) is 0 Å². The van der Waals surface area contributed by atoms with Crippen molar-refractivity contribution in [3.05, 3.63) is 60.2 Å². The number of nitrogens with zero attached hydrogens (tertiary/aromatic N) is 1. The molecule has 0 aliphatic carbocycles. The smallest absolute Gasteiger partial charge is 0.201 e. The molecule has 0 saturated carbocycles. The minimum absolute atomic E-state index is 0.247. The molecular formula is C25H38N2O2SSi. The topological polar surface area (TPSA) is 58.5 Å². The van der Waals surface area contributed by atoms with Gasteiger partial charge in [-0.25, -0.2) is 4.83 Å². The van der Waals surface area contributed by atoms with Gasteiger partial charge in [-0.1, -0.05) is 112 Å². The molecule has 6 heteroatoms. The highest BCUT2D eigenvalue weighted by atomic mass is 32.2. The largest absolute Gasteiger partial charge is 0.276 e. The molecule has 0 heterocycles. The molecule has 0 saturated heterocycles. The van der Waals surface area contributed by atoms with E-state index in [0.717, 1.165) is 30.2 Å². The lowest BCUT2D eigenvalue weighted by Gasteiger charge is -2.25. The number of aryl methyl sites for hydroxylation is 1. The van der Waals surface area contributed by atoms with Crippen molar-refractivity contribution in [2.45, 2.75) is 83.2 Å². The predicted molar refractivity (Wildman–Crippen MR) is 135 cm³/mol. The molecule has 4 nitrogen and oxygen atoms in total. The van der Waals surface area contributed by atoms with E-state index < -0.39 is 18.1 Å². The molecular weight excluding hydrogens is 420 g/mol. The minimum Gasteiger partial charge on any atom is -0.201 e. The molecule has 2 aromatic carbocycles. The Morgan fingerprint density at radius 1 is 0.871 bits per heavy atom. The second-order valence-electron chi connectivity index (χ2n) is 8.83. The highest BCUT2D eigenvalue weighted by Crippen LogP contribution is 2.16. The molecule has 0 aliphatic heterocycles. The fourth-order valence-corrected chi connectivity index (χ4v) is 7.07. The molecule has 0 spiro atoms. The summed E-state index contributed by atoms with van der Waals surface area (Å²) in [6.45, 7) is 8.68. The number of sulfonamides is 1. The third-order valence-electron chi connectivity index (χ3n) is 5.87. The molecule has 0 amide bonds. The van der Waals surface area contributed by atoms with Crippen LogP contribution in [0.4, 0.5) is 0 Å². The zero-order valence-electron chi connectivity index (χ0n) is 19.5. The SMILES string of the molecule is CCCCCCCCC/C(=N/NS(=O)(=O)c1ccc(C)cc1)[Si](C)(C)c1ccccc1. The molecule has 0 unspecified atom stereocenters. The van der Waals surface area contributed by atoms with Crippen LogP contribution in [0.5, 0.6) is 0 Å². The van der Waals surface area contributed by atoms with Crippen LogP contribution in [0.1, 0.15) is 63.9 Å². The third kappa shape index (κ3) is 7.93. The summed E-state index contributed by atoms with van der Waals surface area (Å²) < 4.78 is 25.6. The number of nitrogens with one attached hydrogen (secondary N) is 1. The minimum atomic E-state index is -3.68. The normalized spacial score (nSPS) is 12.7. The van der Waals surface area contributed by atoms with Gasteiger partial charge in [-0.05, 0) is 31.9 Å². The van der Waals surface area contributed by atoms with Crippen molar-refractivity contribution in [1.82, 2.24) is 4.83 Å². The van der Waals surface area contributed by atoms with Crippen molar-refractivity contribution in [3.8, 4) is 0 Å². The number of rotatable bonds is 13. The average molecular weight is 459 g/mol. The lowest BCUT2D eigenvalue weighted by atomic mass is 10.1. The maximum absolute atomic E-state index is 12.8. The Morgan fingerprint density at radius 2 is 1.45 bits per heavy atom. The first-order chi connectivity index (χ1) is 14.8. The van der Waals surface area contributed by atoms with E-state index in [4.69, 9.17) is 0 Å². The molecule has 0 fully saturated rings. The number of unbranched alkanes of at least 4 members (excludes halogenated alkanes) is 6. The summed E-state index contributed by atoms with van der Waals surface area (Å²) in [7, 11) is -5.75. The lowest BCUT2D eigenvalue weighted by molar-refractivity contribution is 0.583. The quantitative estimate of drug-likeness (QED) is 0.175. The Balaban J connectivity index is 2.15. The highest BCUT2D eigenvalue weighted by Gasteiger charge is 2.30. The van der Waals surface area contributed by atoms with Gasteiger partial charge >= 0.3 is 0 Å². The van der Waals surface area contributed by atoms with Crippen LogP contribution in [0, 0.1) is 6.92 Å². The van der Waals surface area contributed by atoms with Gasteiger partial charge in [0.05, 0.1) is 4.90 Å². The number of hydrazone groups is 1. The predicted octanol–water partition coefficient (Wildman–Crippen LogP) is 5.92. The van der Waals surface area contributed by atoms with Gasteiger partial charge in [0.1, 0.15) is 8.07 Å². The van der Waals surface area contributed by atoms with E-state index >= 15 is 0 Å². The summed E-state index contributed by atoms with van der Waals surface area (Å²) in [6, 6.07) is 17.3. The first-order valence-corrected chi connectivity index (χ1v) is 16.0. The Bertz CT molecular complexity index is 924. The van der Waals surface area contributed by atoms with Crippen molar-refractivity contribution in [3.63, 3.8) is 0 Å². The standard InChI is InChI=1S/C25H38N2O2SSi/c1-5-6-7-8-9-10-14-17-25(31(3,4)24-15-12-11-13-16-24)26-27-30(28,29)23-20-18-22(2)19-21-23/h11-13,15-16,18-21,27H,5-10,14,17H2,1-4H3/b26-25-. The van der Waals surface area contributed by atoms with Crippen LogP contribution in [-0.4, -0.2) is 21.8 Å². The van der Waals surface area contributed by atoms with Gasteiger partial charge in [0.2, 0.25) is 0 Å². The lowest BCUT2D eigenvalue weighted by Crippen LogP contribution is -2.50. The van der Waals surface area contributed by atoms with Gasteiger partial charge in [-0.3, -0.25) is 0 Å². The van der Waals surface area contributed by atoms with Crippen LogP contribution < -0.4 is 10.0 Å². The summed E-state index contributed by atoms with van der Waals surface area (Å²) in [5, 5.41) is 6.80. The summed E-state index contributed by atoms with van der Waals surface area (Å²) in [5.74, 6) is 0. The molecule has 170 valence electrons. The molecule has 0 radical (unpaired) electrons. The van der Waals surface area contributed by atoms with E-state index in [0.29, 0.717) is 0 Å². The maximum Gasteiger partial charge on any atom is 0.276 e. The second kappa shape index (κ2) is 12.2. The van der Waals surface area contributed by atoms with Crippen molar-refractivity contribution in [2.24, 2.45) is 5.10 Å². The second-order valence-corrected chi connectivity index (χ2v) is 14.9. The Morgan fingerprint density at radius 3 is 2.06 bits per heavy atom. The Hall–Kier alpha value is -1.92. The molecule has 1 N–H and O–H groups in total. The van der Waals surface area contributed by atoms with E-state index in [1.165, 1.54) is 37.3 Å². The van der Waals surface area contributed by atoms with Gasteiger partial charge < -0.3 is 0 Å². The highest BCUT2D eigenvalue weighted by molar-refractivity contribution is 7.89. The van der Waals surface area contributed by atoms with Crippen molar-refractivity contribution >= 4 is 28.6 Å². The van der Waals surface area contributed by atoms with E-state index in [9.17, 15) is 8.42 Å². The Labute approximate surface area is 190 Å². The zero-order valence-corrected chi connectivity index (χ0v) is 21.3. The summed E-state index contributed by atoms with van der Waals surface area (Å²) in [5.41, 5.74) is 1.03.